The number of nitrogens with zero attached hydrogens (tertiary/aromatic N) is 6. The molecule has 8 nitrogen and oxygen atoms in total. The van der Waals surface area contributed by atoms with Crippen LogP contribution in [0.15, 0.2) is 30.9 Å². The molecule has 2 fully saturated rings. The lowest BCUT2D eigenvalue weighted by molar-refractivity contribution is -0.137. The van der Waals surface area contributed by atoms with Gasteiger partial charge >= 0.3 is 6.18 Å². The van der Waals surface area contributed by atoms with Crippen LogP contribution in [0.5, 0.6) is 5.88 Å². The fourth-order valence-corrected chi connectivity index (χ4v) is 6.78. The number of halogens is 3. The molecule has 11 heteroatoms. The first-order valence-electron chi connectivity index (χ1n) is 14.8. The molecule has 3 aliphatic rings. The van der Waals surface area contributed by atoms with E-state index in [1.165, 1.54) is 12.1 Å². The van der Waals surface area contributed by atoms with Gasteiger partial charge in [-0.2, -0.15) is 18.4 Å². The molecule has 3 atom stereocenters. The van der Waals surface area contributed by atoms with Crippen molar-refractivity contribution in [1.82, 2.24) is 14.8 Å². The first-order valence-corrected chi connectivity index (χ1v) is 14.8. The van der Waals surface area contributed by atoms with Gasteiger partial charge < -0.3 is 24.3 Å². The van der Waals surface area contributed by atoms with E-state index in [0.29, 0.717) is 55.2 Å². The van der Waals surface area contributed by atoms with Crippen molar-refractivity contribution in [2.75, 3.05) is 49.6 Å². The van der Waals surface area contributed by atoms with E-state index >= 15 is 0 Å². The number of alkyl halides is 3. The highest BCUT2D eigenvalue weighted by atomic mass is 19.4. The summed E-state index contributed by atoms with van der Waals surface area (Å²) in [6, 6.07) is 6.52. The van der Waals surface area contributed by atoms with Crippen LogP contribution in [0.2, 0.25) is 0 Å². The number of hydrogen-bond acceptors (Lipinski definition) is 7. The number of likely N-dealkylation sites (tertiary alicyclic amines) is 1. The van der Waals surface area contributed by atoms with Crippen molar-refractivity contribution in [2.45, 2.75) is 70.9 Å². The molecule has 0 bridgehead atoms. The summed E-state index contributed by atoms with van der Waals surface area (Å²) in [5, 5.41) is 10.5. The lowest BCUT2D eigenvalue weighted by atomic mass is 9.95. The molecule has 230 valence electrons. The molecule has 2 aromatic rings. The zero-order valence-corrected chi connectivity index (χ0v) is 25.2. The van der Waals surface area contributed by atoms with Crippen LogP contribution >= 0.6 is 0 Å². The molecule has 2 saturated heterocycles. The molecule has 0 unspecified atom stereocenters. The average molecular weight is 597 g/mol. The molecular formula is C32H39F3N6O2. The Morgan fingerprint density at radius 3 is 2.63 bits per heavy atom. The van der Waals surface area contributed by atoms with E-state index in [1.807, 2.05) is 20.9 Å². The predicted octanol–water partition coefficient (Wildman–Crippen LogP) is 4.93. The second kappa shape index (κ2) is 12.1. The van der Waals surface area contributed by atoms with Crippen LogP contribution in [-0.2, 0) is 23.9 Å². The minimum Gasteiger partial charge on any atom is -0.475 e. The summed E-state index contributed by atoms with van der Waals surface area (Å²) < 4.78 is 48.5. The maximum absolute atomic E-state index is 14.1. The third-order valence-corrected chi connectivity index (χ3v) is 9.08. The third-order valence-electron chi connectivity index (χ3n) is 9.08. The number of aromatic nitrogens is 1. The highest BCUT2D eigenvalue weighted by molar-refractivity contribution is 5.87. The van der Waals surface area contributed by atoms with Gasteiger partial charge in [-0.25, -0.2) is 4.98 Å². The number of hydrogen-bond donors (Lipinski definition) is 0. The van der Waals surface area contributed by atoms with E-state index in [-0.39, 0.29) is 42.1 Å². The molecule has 3 aliphatic heterocycles. The number of benzene rings is 1. The number of anilines is 2. The molecule has 0 radical (unpaired) electrons. The predicted molar refractivity (Wildman–Crippen MR) is 159 cm³/mol. The smallest absolute Gasteiger partial charge is 0.418 e. The van der Waals surface area contributed by atoms with Crippen molar-refractivity contribution in [3.63, 3.8) is 0 Å². The van der Waals surface area contributed by atoms with Crippen molar-refractivity contribution in [3.05, 3.63) is 58.8 Å². The van der Waals surface area contributed by atoms with Crippen LogP contribution in [0.4, 0.5) is 24.5 Å². The standard InChI is InChI=1S/C32H39F3N6O2/c1-6-28(42)40-16-22(4)41(17-21(40)3)30-24-12-14-39(29-20(2)9-7-11-26(29)32(33,34)35)18-27(24)37-31(25(30)15-36)43-19-23-10-8-13-38(23)5/h6-7,9,11,21-23H,1,8,10,12-14,16-19H2,2-5H3/t21-,22+,23+/m1/s1. The first-order chi connectivity index (χ1) is 20.4. The summed E-state index contributed by atoms with van der Waals surface area (Å²) in [4.78, 5) is 25.3. The number of carbonyl (C=O) groups is 1. The SMILES string of the molecule is C=CC(=O)N1C[C@H](C)N(c2c(C#N)c(OC[C@@H]3CCCN3C)nc3c2CCN(c2c(C)cccc2C(F)(F)F)C3)C[C@H]1C. The van der Waals surface area contributed by atoms with Gasteiger partial charge in [0.15, 0.2) is 0 Å². The molecule has 1 aromatic heterocycles. The van der Waals surface area contributed by atoms with E-state index in [4.69, 9.17) is 9.72 Å². The van der Waals surface area contributed by atoms with Crippen molar-refractivity contribution < 1.29 is 22.7 Å². The minimum atomic E-state index is -4.50. The Labute approximate surface area is 251 Å². The van der Waals surface area contributed by atoms with E-state index in [2.05, 4.69) is 22.4 Å². The zero-order chi connectivity index (χ0) is 31.1. The van der Waals surface area contributed by atoms with Crippen LogP contribution in [0, 0.1) is 18.3 Å². The van der Waals surface area contributed by atoms with Crippen molar-refractivity contribution in [3.8, 4) is 11.9 Å². The average Bonchev–Trinajstić information content (AvgIpc) is 3.39. The van der Waals surface area contributed by atoms with E-state index in [0.717, 1.165) is 31.0 Å². The van der Waals surface area contributed by atoms with Gasteiger partial charge in [0.1, 0.15) is 18.2 Å². The van der Waals surface area contributed by atoms with Crippen molar-refractivity contribution in [1.29, 1.82) is 5.26 Å². The number of para-hydroxylation sites is 1. The molecule has 43 heavy (non-hydrogen) atoms. The number of carbonyl (C=O) groups excluding carboxylic acids is 1. The number of pyridine rings is 1. The highest BCUT2D eigenvalue weighted by Crippen LogP contribution is 2.43. The molecule has 0 spiro atoms. The van der Waals surface area contributed by atoms with Gasteiger partial charge in [0.05, 0.1) is 29.2 Å². The Balaban J connectivity index is 1.58. The van der Waals surface area contributed by atoms with Crippen LogP contribution in [-0.4, -0.2) is 78.7 Å². The number of nitriles is 1. The summed E-state index contributed by atoms with van der Waals surface area (Å²) in [5.41, 5.74) is 2.53. The highest BCUT2D eigenvalue weighted by Gasteiger charge is 2.39. The fourth-order valence-electron chi connectivity index (χ4n) is 6.78. The Hall–Kier alpha value is -3.78. The Kier molecular flexibility index (Phi) is 8.61. The maximum Gasteiger partial charge on any atom is 0.418 e. The Bertz CT molecular complexity index is 1440. The van der Waals surface area contributed by atoms with Crippen LogP contribution < -0.4 is 14.5 Å². The summed E-state index contributed by atoms with van der Waals surface area (Å²) in [5.74, 6) is 0.0685. The maximum atomic E-state index is 14.1. The lowest BCUT2D eigenvalue weighted by Gasteiger charge is -2.46. The number of aryl methyl sites for hydroxylation is 1. The van der Waals surface area contributed by atoms with Gasteiger partial charge in [-0.05, 0) is 71.3 Å². The monoisotopic (exact) mass is 596 g/mol. The van der Waals surface area contributed by atoms with Gasteiger partial charge in [-0.1, -0.05) is 18.7 Å². The van der Waals surface area contributed by atoms with E-state index < -0.39 is 11.7 Å². The number of likely N-dealkylation sites (N-methyl/N-ethyl adjacent to an activating group) is 1. The molecule has 0 saturated carbocycles. The number of rotatable bonds is 6. The zero-order valence-electron chi connectivity index (χ0n) is 25.2. The topological polar surface area (TPSA) is 75.9 Å². The summed E-state index contributed by atoms with van der Waals surface area (Å²) >= 11 is 0. The summed E-state index contributed by atoms with van der Waals surface area (Å²) in [6.45, 7) is 12.1. The quantitative estimate of drug-likeness (QED) is 0.438. The van der Waals surface area contributed by atoms with E-state index in [1.54, 1.807) is 22.8 Å². The number of fused-ring (bicyclic) bond motifs is 1. The second-order valence-corrected chi connectivity index (χ2v) is 12.0. The van der Waals surface area contributed by atoms with Gasteiger partial charge in [-0.3, -0.25) is 4.79 Å². The van der Waals surface area contributed by atoms with Gasteiger partial charge in [-0.15, -0.1) is 0 Å². The molecule has 5 rings (SSSR count). The van der Waals surface area contributed by atoms with E-state index in [9.17, 15) is 23.2 Å². The fraction of sp³-hybridized carbons (Fsp3) is 0.531. The van der Waals surface area contributed by atoms with Crippen LogP contribution in [0.3, 0.4) is 0 Å². The minimum absolute atomic E-state index is 0.126. The molecule has 1 aromatic carbocycles. The summed E-state index contributed by atoms with van der Waals surface area (Å²) in [7, 11) is 2.04. The molecular weight excluding hydrogens is 557 g/mol. The van der Waals surface area contributed by atoms with Crippen LogP contribution in [0.1, 0.15) is 54.6 Å². The van der Waals surface area contributed by atoms with Crippen molar-refractivity contribution >= 4 is 17.3 Å². The Morgan fingerprint density at radius 1 is 1.21 bits per heavy atom. The number of ether oxygens (including phenoxy) is 1. The molecule has 1 amide bonds. The molecule has 0 aliphatic carbocycles. The summed E-state index contributed by atoms with van der Waals surface area (Å²) in [6.07, 6.45) is -0.730. The Morgan fingerprint density at radius 2 is 1.98 bits per heavy atom. The second-order valence-electron chi connectivity index (χ2n) is 12.0. The third kappa shape index (κ3) is 5.90. The van der Waals surface area contributed by atoms with Gasteiger partial charge in [0, 0.05) is 43.3 Å². The van der Waals surface area contributed by atoms with Crippen molar-refractivity contribution in [2.24, 2.45) is 0 Å². The number of piperazine rings is 1. The number of amides is 1. The largest absolute Gasteiger partial charge is 0.475 e. The first kappa shape index (κ1) is 30.7. The van der Waals surface area contributed by atoms with Gasteiger partial charge in [0.2, 0.25) is 11.8 Å². The molecule has 4 heterocycles. The van der Waals surface area contributed by atoms with Gasteiger partial charge in [0.25, 0.3) is 0 Å². The normalized spacial score (nSPS) is 22.7. The molecule has 0 N–H and O–H groups in total. The van der Waals surface area contributed by atoms with Crippen LogP contribution in [0.25, 0.3) is 0 Å². The lowest BCUT2D eigenvalue weighted by Crippen LogP contribution is -2.58.